The van der Waals surface area contributed by atoms with E-state index in [-0.39, 0.29) is 47.7 Å². The first-order valence-electron chi connectivity index (χ1n) is 19.3. The van der Waals surface area contributed by atoms with E-state index in [0.717, 1.165) is 28.3 Å². The largest absolute Gasteiger partial charge is 0.493 e. The van der Waals surface area contributed by atoms with Crippen LogP contribution in [0, 0.1) is 5.41 Å². The number of hydrogen-bond donors (Lipinski definition) is 1. The van der Waals surface area contributed by atoms with Gasteiger partial charge in [0.2, 0.25) is 0 Å². The number of amides is 3. The van der Waals surface area contributed by atoms with Crippen molar-refractivity contribution in [2.45, 2.75) is 69.3 Å². The van der Waals surface area contributed by atoms with E-state index in [4.69, 9.17) is 23.7 Å². The van der Waals surface area contributed by atoms with Crippen molar-refractivity contribution < 1.29 is 43.2 Å². The first-order valence-corrected chi connectivity index (χ1v) is 21.7. The molecule has 3 aromatic rings. The Labute approximate surface area is 346 Å². The van der Waals surface area contributed by atoms with Crippen LogP contribution in [0.4, 0.5) is 16.2 Å². The van der Waals surface area contributed by atoms with Gasteiger partial charge in [-0.3, -0.25) is 14.6 Å². The molecule has 4 aliphatic heterocycles. The highest BCUT2D eigenvalue weighted by Crippen LogP contribution is 2.43. The van der Waals surface area contributed by atoms with Crippen LogP contribution in [0.2, 0.25) is 0 Å². The van der Waals surface area contributed by atoms with Crippen LogP contribution in [0.5, 0.6) is 23.0 Å². The second-order valence-electron chi connectivity index (χ2n) is 15.4. The highest BCUT2D eigenvalue weighted by Gasteiger charge is 2.46. The number of fused-ring (bicyclic) bond motifs is 4. The Bertz CT molecular complexity index is 2070. The Hall–Kier alpha value is -4.93. The van der Waals surface area contributed by atoms with E-state index in [1.807, 2.05) is 29.3 Å². The molecule has 0 radical (unpaired) electrons. The van der Waals surface area contributed by atoms with Crippen LogP contribution >= 0.6 is 21.6 Å². The van der Waals surface area contributed by atoms with E-state index >= 15 is 0 Å². The van der Waals surface area contributed by atoms with Gasteiger partial charge in [0.15, 0.2) is 29.2 Å². The van der Waals surface area contributed by atoms with Crippen LogP contribution in [0.1, 0.15) is 66.7 Å². The molecule has 0 aliphatic carbocycles. The number of aliphatic imine (C=N–C) groups is 1. The van der Waals surface area contributed by atoms with E-state index in [1.165, 1.54) is 33.6 Å². The van der Waals surface area contributed by atoms with Crippen LogP contribution in [-0.4, -0.2) is 115 Å². The lowest BCUT2D eigenvalue weighted by atomic mass is 9.91. The maximum Gasteiger partial charge on any atom is 0.416 e. The number of unbranched alkanes of at least 4 members (excludes halogenated alkanes) is 2. The third-order valence-corrected chi connectivity index (χ3v) is 12.8. The van der Waals surface area contributed by atoms with Gasteiger partial charge in [0.05, 0.1) is 62.0 Å². The molecule has 5 heterocycles. The van der Waals surface area contributed by atoms with E-state index < -0.39 is 18.4 Å². The zero-order valence-electron chi connectivity index (χ0n) is 33.2. The van der Waals surface area contributed by atoms with Crippen molar-refractivity contribution in [2.24, 2.45) is 10.4 Å². The average molecular weight is 832 g/mol. The number of nitrogens with zero attached hydrogens (tertiary/aromatic N) is 5. The summed E-state index contributed by atoms with van der Waals surface area (Å²) in [6.07, 6.45) is 4.75. The minimum absolute atomic E-state index is 0.0316. The molecule has 0 bridgehead atoms. The van der Waals surface area contributed by atoms with E-state index in [2.05, 4.69) is 30.4 Å². The molecule has 2 aromatic carbocycles. The summed E-state index contributed by atoms with van der Waals surface area (Å²) in [5, 5.41) is 12.5. The molecule has 2 saturated heterocycles. The molecule has 2 fully saturated rings. The number of ether oxygens (including phenoxy) is 5. The third-order valence-electron chi connectivity index (χ3n) is 10.5. The molecule has 58 heavy (non-hydrogen) atoms. The fourth-order valence-electron chi connectivity index (χ4n) is 7.76. The maximum atomic E-state index is 13.9. The minimum atomic E-state index is -1.39. The molecule has 16 heteroatoms. The van der Waals surface area contributed by atoms with E-state index in [1.54, 1.807) is 37.6 Å². The van der Waals surface area contributed by atoms with Crippen molar-refractivity contribution in [2.75, 3.05) is 57.8 Å². The standard InChI is InChI=1S/C42H49N5O9S2/c1-26-17-32-40(50)47(41(51)56-15-16-57-58-37-11-7-8-12-43-37)31-21-36(34(53-5)19-29(31)39(49)45(32)24-26)55-14-10-6-9-13-54-35-20-30-28(18-33(35)52-4)38(48)46-25-42(2,3)22-27(46)23-44-30/h7-8,11-12,18-21,23,27,32,40,50H,1,6,9-10,13-17,22,24-25H2,2-5H3/t27-,32-,40-/m0/s1. The molecular formula is C42H49N5O9S2. The van der Waals surface area contributed by atoms with Gasteiger partial charge in [-0.1, -0.05) is 42.9 Å². The summed E-state index contributed by atoms with van der Waals surface area (Å²) in [5.41, 5.74) is 2.24. The van der Waals surface area contributed by atoms with Gasteiger partial charge < -0.3 is 38.6 Å². The third kappa shape index (κ3) is 8.88. The van der Waals surface area contributed by atoms with Gasteiger partial charge in [0, 0.05) is 43.4 Å². The van der Waals surface area contributed by atoms with Crippen molar-refractivity contribution in [3.8, 4) is 23.0 Å². The van der Waals surface area contributed by atoms with Crippen LogP contribution in [0.3, 0.4) is 0 Å². The van der Waals surface area contributed by atoms with Crippen LogP contribution in [-0.2, 0) is 4.74 Å². The van der Waals surface area contributed by atoms with Crippen LogP contribution in [0.25, 0.3) is 0 Å². The highest BCUT2D eigenvalue weighted by atomic mass is 33.1. The van der Waals surface area contributed by atoms with Crippen molar-refractivity contribution in [3.05, 3.63) is 71.9 Å². The maximum absolute atomic E-state index is 13.9. The van der Waals surface area contributed by atoms with Crippen molar-refractivity contribution in [1.29, 1.82) is 0 Å². The van der Waals surface area contributed by atoms with Gasteiger partial charge in [0.25, 0.3) is 11.8 Å². The first-order chi connectivity index (χ1) is 28.0. The lowest BCUT2D eigenvalue weighted by molar-refractivity contribution is 0.0493. The van der Waals surface area contributed by atoms with Crippen molar-refractivity contribution in [1.82, 2.24) is 14.8 Å². The number of hydrogen-bond acceptors (Lipinski definition) is 13. The molecule has 308 valence electrons. The lowest BCUT2D eigenvalue weighted by Crippen LogP contribution is -2.51. The van der Waals surface area contributed by atoms with Gasteiger partial charge >= 0.3 is 6.09 Å². The molecule has 0 saturated carbocycles. The molecule has 0 spiro atoms. The summed E-state index contributed by atoms with van der Waals surface area (Å²) in [6.45, 7) is 10.1. The predicted molar refractivity (Wildman–Crippen MR) is 223 cm³/mol. The molecule has 0 unspecified atom stereocenters. The molecule has 3 atom stereocenters. The van der Waals surface area contributed by atoms with Gasteiger partial charge in [-0.2, -0.15) is 0 Å². The Balaban J connectivity index is 0.969. The van der Waals surface area contributed by atoms with E-state index in [0.29, 0.717) is 79.0 Å². The molecular weight excluding hydrogens is 783 g/mol. The Kier molecular flexibility index (Phi) is 12.7. The number of rotatable bonds is 15. The molecule has 7 rings (SSSR count). The second kappa shape index (κ2) is 17.9. The summed E-state index contributed by atoms with van der Waals surface area (Å²) < 4.78 is 29.2. The topological polar surface area (TPSA) is 153 Å². The predicted octanol–water partition coefficient (Wildman–Crippen LogP) is 7.17. The number of benzene rings is 2. The fourth-order valence-corrected chi connectivity index (χ4v) is 9.46. The zero-order chi connectivity index (χ0) is 41.0. The SMILES string of the molecule is C=C1C[C@H]2[C@H](O)N(C(=O)OCCSSc3ccccn3)c3cc(OCCCCCOc4cc5c(cc4OC)C(=O)N4CC(C)(C)C[C@H]4C=N5)c(OC)cc3C(=O)N2C1. The molecule has 3 amide bonds. The van der Waals surface area contributed by atoms with Gasteiger partial charge in [-0.05, 0) is 72.6 Å². The van der Waals surface area contributed by atoms with Gasteiger partial charge in [0.1, 0.15) is 11.6 Å². The summed E-state index contributed by atoms with van der Waals surface area (Å²) in [5.74, 6) is 1.70. The van der Waals surface area contributed by atoms with Gasteiger partial charge in [-0.25, -0.2) is 14.7 Å². The Morgan fingerprint density at radius 2 is 1.64 bits per heavy atom. The number of aromatic nitrogens is 1. The summed E-state index contributed by atoms with van der Waals surface area (Å²) in [4.78, 5) is 54.6. The Morgan fingerprint density at radius 1 is 0.931 bits per heavy atom. The fraction of sp³-hybridized carbons (Fsp3) is 0.452. The average Bonchev–Trinajstić information content (AvgIpc) is 3.71. The summed E-state index contributed by atoms with van der Waals surface area (Å²) in [6, 6.07) is 11.5. The van der Waals surface area contributed by atoms with Crippen LogP contribution in [0.15, 0.2) is 70.8 Å². The highest BCUT2D eigenvalue weighted by molar-refractivity contribution is 8.76. The smallest absolute Gasteiger partial charge is 0.416 e. The van der Waals surface area contributed by atoms with Crippen LogP contribution < -0.4 is 23.8 Å². The number of anilines is 1. The quantitative estimate of drug-likeness (QED) is 0.0939. The Morgan fingerprint density at radius 3 is 2.34 bits per heavy atom. The second-order valence-corrected chi connectivity index (χ2v) is 17.8. The number of methoxy groups -OCH3 is 2. The molecule has 4 aliphatic rings. The summed E-state index contributed by atoms with van der Waals surface area (Å²) in [7, 11) is 6.00. The zero-order valence-corrected chi connectivity index (χ0v) is 34.8. The molecule has 14 nitrogen and oxygen atoms in total. The lowest BCUT2D eigenvalue weighted by Gasteiger charge is -2.31. The number of pyridine rings is 1. The van der Waals surface area contributed by atoms with E-state index in [9.17, 15) is 19.5 Å². The first kappa shape index (κ1) is 41.2. The van der Waals surface area contributed by atoms with Gasteiger partial charge in [-0.15, -0.1) is 0 Å². The minimum Gasteiger partial charge on any atom is -0.493 e. The number of carbonyl (C=O) groups excluding carboxylic acids is 3. The number of carbonyl (C=O) groups is 3. The normalized spacial score (nSPS) is 20.5. The van der Waals surface area contributed by atoms with Crippen molar-refractivity contribution >= 4 is 57.1 Å². The monoisotopic (exact) mass is 831 g/mol. The molecule has 1 aromatic heterocycles. The van der Waals surface area contributed by atoms with Crippen molar-refractivity contribution in [3.63, 3.8) is 0 Å². The number of aliphatic hydroxyl groups excluding tert-OH is 1. The number of aliphatic hydroxyl groups is 1. The summed E-state index contributed by atoms with van der Waals surface area (Å²) >= 11 is 0. The molecule has 1 N–H and O–H groups in total.